The van der Waals surface area contributed by atoms with Gasteiger partial charge in [-0.1, -0.05) is 0 Å². The van der Waals surface area contributed by atoms with Crippen molar-refractivity contribution >= 4 is 16.0 Å². The first-order chi connectivity index (χ1) is 3.41. The normalized spacial score (nSPS) is 8.38. The van der Waals surface area contributed by atoms with Gasteiger partial charge < -0.3 is 4.48 Å². The van der Waals surface area contributed by atoms with Crippen molar-refractivity contribution in [1.82, 2.24) is 0 Å². The van der Waals surface area contributed by atoms with Crippen molar-refractivity contribution in [3.8, 4) is 4.97 Å². The molecule has 0 saturated carbocycles. The second-order valence-electron chi connectivity index (χ2n) is 2.77. The minimum absolute atomic E-state index is 1.00. The fraction of sp³-hybridized carbons (Fsp3) is 0.800. The van der Waals surface area contributed by atoms with Crippen molar-refractivity contribution in [3.05, 3.63) is 0 Å². The van der Waals surface area contributed by atoms with Gasteiger partial charge in [-0.25, -0.2) is 0 Å². The van der Waals surface area contributed by atoms with E-state index in [-0.39, 0.29) is 0 Å². The van der Waals surface area contributed by atoms with Gasteiger partial charge >= 0.3 is 26.2 Å². The predicted molar refractivity (Wildman–Crippen MR) is 35.3 cm³/mol. The van der Waals surface area contributed by atoms with E-state index in [1.165, 1.54) is 0 Å². The molecular weight excluding hydrogens is 167 g/mol. The van der Waals surface area contributed by atoms with Gasteiger partial charge in [-0.15, -0.1) is 0 Å². The van der Waals surface area contributed by atoms with Crippen LogP contribution in [0, 0.1) is 10.2 Å². The quantitative estimate of drug-likeness (QED) is 0.378. The summed E-state index contributed by atoms with van der Waals surface area (Å²) in [4.78, 5) is 1.62. The van der Waals surface area contributed by atoms with Gasteiger partial charge in [-0.05, 0) is 0 Å². The molecule has 0 unspecified atom stereocenters. The van der Waals surface area contributed by atoms with Crippen LogP contribution in [0.1, 0.15) is 0 Å². The van der Waals surface area contributed by atoms with Gasteiger partial charge in [0.25, 0.3) is 0 Å². The van der Waals surface area contributed by atoms with Crippen molar-refractivity contribution in [2.75, 3.05) is 28.2 Å². The van der Waals surface area contributed by atoms with Crippen LogP contribution in [-0.4, -0.2) is 48.7 Å². The van der Waals surface area contributed by atoms with E-state index in [1.54, 1.807) is 4.97 Å². The number of hydrogen-bond donors (Lipinski definition) is 0. The van der Waals surface area contributed by atoms with E-state index in [0.717, 1.165) is 4.48 Å². The van der Waals surface area contributed by atoms with Gasteiger partial charge in [-0.3, -0.25) is 0 Å². The molecule has 0 saturated heterocycles. The average Bonchev–Trinajstić information content (AvgIpc) is 1.27. The maximum absolute atomic E-state index is 7.26. The second kappa shape index (κ2) is 5.11. The molecule has 0 aromatic heterocycles. The summed E-state index contributed by atoms with van der Waals surface area (Å²) in [7, 11) is 8.50. The molecule has 0 rings (SSSR count). The predicted octanol–water partition coefficient (Wildman–Crippen LogP) is -0.0416. The van der Waals surface area contributed by atoms with Gasteiger partial charge in [0.05, 0.1) is 28.2 Å². The van der Waals surface area contributed by atoms with Crippen LogP contribution in [0.2, 0.25) is 0 Å². The summed E-state index contributed by atoms with van der Waals surface area (Å²) in [5.41, 5.74) is 0. The zero-order chi connectivity index (χ0) is 7.21. The fourth-order valence-corrected chi connectivity index (χ4v) is 0. The molecule has 2 nitrogen and oxygen atoms in total. The molecule has 0 heterocycles. The Morgan fingerprint density at radius 1 is 1.25 bits per heavy atom. The Morgan fingerprint density at radius 3 is 1.25 bits per heavy atom. The third kappa shape index (κ3) is 158000. The Bertz CT molecular complexity index is 71.4. The molecule has 0 aliphatic carbocycles. The van der Waals surface area contributed by atoms with Gasteiger partial charge in [-0.2, -0.15) is 0 Å². The van der Waals surface area contributed by atoms with Gasteiger partial charge in [0.2, 0.25) is 0 Å². The van der Waals surface area contributed by atoms with E-state index in [9.17, 15) is 0 Å². The van der Waals surface area contributed by atoms with Crippen LogP contribution in [0.15, 0.2) is 0 Å². The van der Waals surface area contributed by atoms with Crippen LogP contribution < -0.4 is 0 Å². The Morgan fingerprint density at radius 2 is 1.25 bits per heavy atom. The first-order valence-corrected chi connectivity index (χ1v) is 3.07. The van der Waals surface area contributed by atoms with Crippen molar-refractivity contribution in [3.63, 3.8) is 0 Å². The Kier molecular flexibility index (Phi) is 6.94. The Balaban J connectivity index is 0. The third-order valence-electron chi connectivity index (χ3n) is 0. The molecule has 0 radical (unpaired) electrons. The van der Waals surface area contributed by atoms with E-state index < -0.39 is 0 Å². The molecule has 0 amide bonds. The monoisotopic (exact) mass is 180 g/mol. The zero-order valence-corrected chi connectivity index (χ0v) is 7.52. The summed E-state index contributed by atoms with van der Waals surface area (Å²) in [6.45, 7) is 0. The molecule has 0 aromatic carbocycles. The van der Waals surface area contributed by atoms with Gasteiger partial charge in [0, 0.05) is 0 Å². The molecular formula is C5H12N2Se. The first-order valence-electron chi connectivity index (χ1n) is 2.22. The molecule has 8 heavy (non-hydrogen) atoms. The Labute approximate surface area is 59.5 Å². The van der Waals surface area contributed by atoms with Crippen molar-refractivity contribution in [2.24, 2.45) is 0 Å². The number of rotatable bonds is 0. The van der Waals surface area contributed by atoms with Crippen LogP contribution >= 0.6 is 0 Å². The van der Waals surface area contributed by atoms with E-state index in [4.69, 9.17) is 5.26 Å². The molecule has 48 valence electrons. The molecule has 0 aliphatic heterocycles. The topological polar surface area (TPSA) is 23.8 Å². The number of quaternary nitrogens is 1. The summed E-state index contributed by atoms with van der Waals surface area (Å²) in [5, 5.41) is 7.26. The molecule has 3 heteroatoms. The van der Waals surface area contributed by atoms with Crippen molar-refractivity contribution in [1.29, 1.82) is 5.26 Å². The molecule has 0 atom stereocenters. The van der Waals surface area contributed by atoms with Crippen LogP contribution in [-0.2, 0) is 0 Å². The summed E-state index contributed by atoms with van der Waals surface area (Å²) in [6.07, 6.45) is 0. The van der Waals surface area contributed by atoms with E-state index in [2.05, 4.69) is 44.2 Å². The molecule has 0 N–H and O–H groups in total. The summed E-state index contributed by atoms with van der Waals surface area (Å²) in [6, 6.07) is 0. The van der Waals surface area contributed by atoms with Crippen LogP contribution in [0.25, 0.3) is 0 Å². The summed E-state index contributed by atoms with van der Waals surface area (Å²) in [5.74, 6) is 0. The molecule has 0 fully saturated rings. The van der Waals surface area contributed by atoms with Crippen molar-refractivity contribution < 1.29 is 4.48 Å². The third-order valence-corrected chi connectivity index (χ3v) is 0. The maximum atomic E-state index is 7.26. The average molecular weight is 179 g/mol. The standard InChI is InChI=1S/C4H12N.CHNSe/c1-5(2,3)4;2-1-3/h1-4H3;3H/q+1;/p-1. The van der Waals surface area contributed by atoms with Crippen molar-refractivity contribution in [2.45, 2.75) is 0 Å². The summed E-state index contributed by atoms with van der Waals surface area (Å²) >= 11 is 2.11. The molecule has 0 aromatic rings. The molecule has 0 bridgehead atoms. The van der Waals surface area contributed by atoms with Gasteiger partial charge in [0.15, 0.2) is 0 Å². The van der Waals surface area contributed by atoms with E-state index in [1.807, 2.05) is 0 Å². The summed E-state index contributed by atoms with van der Waals surface area (Å²) < 4.78 is 1.00. The van der Waals surface area contributed by atoms with Crippen LogP contribution in [0.5, 0.6) is 0 Å². The van der Waals surface area contributed by atoms with Gasteiger partial charge in [0.1, 0.15) is 0 Å². The first kappa shape index (κ1) is 10.9. The van der Waals surface area contributed by atoms with Crippen LogP contribution in [0.4, 0.5) is 0 Å². The number of nitrogens with zero attached hydrogens (tertiary/aromatic N) is 2. The van der Waals surface area contributed by atoms with E-state index in [0.29, 0.717) is 0 Å². The number of hydrogen-bond acceptors (Lipinski definition) is 1. The minimum atomic E-state index is 1.00. The second-order valence-corrected chi connectivity index (χ2v) is 3.16. The van der Waals surface area contributed by atoms with Crippen LogP contribution in [0.3, 0.4) is 0 Å². The molecule has 0 spiro atoms. The molecule has 0 aliphatic rings. The number of nitriles is 1. The zero-order valence-electron chi connectivity index (χ0n) is 5.80. The fourth-order valence-electron chi connectivity index (χ4n) is 0. The Hall–Kier alpha value is -0.0305. The van der Waals surface area contributed by atoms with E-state index >= 15 is 0 Å². The SMILES string of the molecule is C[N+](C)(C)C.N#C[Se-].